The summed E-state index contributed by atoms with van der Waals surface area (Å²) >= 11 is 4.72. The Bertz CT molecular complexity index is 1360. The van der Waals surface area contributed by atoms with Crippen LogP contribution >= 0.6 is 27.3 Å². The van der Waals surface area contributed by atoms with Crippen LogP contribution < -0.4 is 10.3 Å². The van der Waals surface area contributed by atoms with Gasteiger partial charge in [-0.3, -0.25) is 14.5 Å². The molecule has 1 aliphatic rings. The number of anilines is 1. The Labute approximate surface area is 184 Å². The highest BCUT2D eigenvalue weighted by molar-refractivity contribution is 9.10. The molecule has 2 aromatic heterocycles. The second-order valence-electron chi connectivity index (χ2n) is 7.09. The number of aromatic nitrogens is 2. The lowest BCUT2D eigenvalue weighted by Crippen LogP contribution is -2.29. The second kappa shape index (κ2) is 7.14. The maximum atomic E-state index is 13.5. The van der Waals surface area contributed by atoms with E-state index >= 15 is 0 Å². The highest BCUT2D eigenvalue weighted by Gasteiger charge is 2.45. The number of benzene rings is 2. The van der Waals surface area contributed by atoms with Crippen molar-refractivity contribution in [1.82, 2.24) is 10.2 Å². The summed E-state index contributed by atoms with van der Waals surface area (Å²) in [7, 11) is 0. The molecule has 2 aromatic carbocycles. The highest BCUT2D eigenvalue weighted by Crippen LogP contribution is 2.42. The molecule has 4 aromatic rings. The summed E-state index contributed by atoms with van der Waals surface area (Å²) in [5.74, 6) is -0.320. The number of nitrogens with zero attached hydrogens (tertiary/aromatic N) is 3. The standard InChI is InChI=1S/C22H16BrN3O3S/c1-3-12-4-6-13(7-5-12)18-17-19(27)15-10-14(23)8-9-16(15)29-20(17)21(28)26(18)22-25-24-11(2)30-22/h4-10,18H,3H2,1-2H3. The number of carbonyl (C=O) groups excluding carboxylic acids is 1. The van der Waals surface area contributed by atoms with Crippen molar-refractivity contribution in [3.05, 3.63) is 84.6 Å². The van der Waals surface area contributed by atoms with Crippen molar-refractivity contribution in [2.24, 2.45) is 0 Å². The molecule has 1 amide bonds. The summed E-state index contributed by atoms with van der Waals surface area (Å²) in [6.07, 6.45) is 0.903. The number of amides is 1. The fourth-order valence-corrected chi connectivity index (χ4v) is 4.85. The molecular formula is C22H16BrN3O3S. The van der Waals surface area contributed by atoms with Gasteiger partial charge in [0, 0.05) is 4.47 Å². The lowest BCUT2D eigenvalue weighted by Gasteiger charge is -2.22. The zero-order valence-electron chi connectivity index (χ0n) is 16.2. The zero-order valence-corrected chi connectivity index (χ0v) is 18.6. The zero-order chi connectivity index (χ0) is 21.0. The average Bonchev–Trinajstić information content (AvgIpc) is 3.30. The molecule has 0 saturated carbocycles. The summed E-state index contributed by atoms with van der Waals surface area (Å²) in [5.41, 5.74) is 2.51. The first kappa shape index (κ1) is 19.1. The van der Waals surface area contributed by atoms with Gasteiger partial charge >= 0.3 is 0 Å². The molecule has 1 atom stereocenters. The van der Waals surface area contributed by atoms with Gasteiger partial charge in [0.15, 0.2) is 5.43 Å². The van der Waals surface area contributed by atoms with E-state index in [1.165, 1.54) is 21.8 Å². The van der Waals surface area contributed by atoms with E-state index in [1.807, 2.05) is 31.2 Å². The Hall–Kier alpha value is -2.84. The number of hydrogen-bond donors (Lipinski definition) is 0. The third-order valence-electron chi connectivity index (χ3n) is 5.26. The first-order chi connectivity index (χ1) is 14.5. The molecular weight excluding hydrogens is 466 g/mol. The van der Waals surface area contributed by atoms with Crippen LogP contribution in [0.2, 0.25) is 0 Å². The summed E-state index contributed by atoms with van der Waals surface area (Å²) in [6, 6.07) is 12.5. The monoisotopic (exact) mass is 481 g/mol. The molecule has 8 heteroatoms. The molecule has 0 fully saturated rings. The van der Waals surface area contributed by atoms with E-state index in [0.29, 0.717) is 21.7 Å². The van der Waals surface area contributed by atoms with Gasteiger partial charge in [0.25, 0.3) is 5.91 Å². The van der Waals surface area contributed by atoms with Gasteiger partial charge < -0.3 is 4.42 Å². The Morgan fingerprint density at radius 1 is 1.13 bits per heavy atom. The summed E-state index contributed by atoms with van der Waals surface area (Å²) < 4.78 is 6.72. The van der Waals surface area contributed by atoms with Gasteiger partial charge in [-0.25, -0.2) is 0 Å². The van der Waals surface area contributed by atoms with Gasteiger partial charge in [-0.05, 0) is 42.7 Å². The van der Waals surface area contributed by atoms with Crippen LogP contribution in [0.5, 0.6) is 0 Å². The minimum atomic E-state index is -0.620. The van der Waals surface area contributed by atoms with Gasteiger partial charge in [-0.2, -0.15) is 0 Å². The molecule has 30 heavy (non-hydrogen) atoms. The predicted molar refractivity (Wildman–Crippen MR) is 119 cm³/mol. The van der Waals surface area contributed by atoms with Crippen LogP contribution in [0.4, 0.5) is 5.13 Å². The van der Waals surface area contributed by atoms with Crippen molar-refractivity contribution < 1.29 is 9.21 Å². The Balaban J connectivity index is 1.80. The van der Waals surface area contributed by atoms with Crippen LogP contribution in [0.15, 0.2) is 56.1 Å². The van der Waals surface area contributed by atoms with E-state index < -0.39 is 6.04 Å². The van der Waals surface area contributed by atoms with E-state index in [-0.39, 0.29) is 17.1 Å². The largest absolute Gasteiger partial charge is 0.450 e. The van der Waals surface area contributed by atoms with E-state index in [1.54, 1.807) is 18.2 Å². The van der Waals surface area contributed by atoms with Gasteiger partial charge in [0.1, 0.15) is 10.6 Å². The van der Waals surface area contributed by atoms with Crippen molar-refractivity contribution in [2.45, 2.75) is 26.3 Å². The molecule has 0 radical (unpaired) electrons. The smallest absolute Gasteiger partial charge is 0.297 e. The Morgan fingerprint density at radius 2 is 1.90 bits per heavy atom. The number of hydrogen-bond acceptors (Lipinski definition) is 6. The molecule has 1 unspecified atom stereocenters. The summed E-state index contributed by atoms with van der Waals surface area (Å²) in [5, 5.41) is 9.85. The summed E-state index contributed by atoms with van der Waals surface area (Å²) in [6.45, 7) is 3.91. The molecule has 0 spiro atoms. The van der Waals surface area contributed by atoms with E-state index in [4.69, 9.17) is 4.42 Å². The molecule has 0 saturated heterocycles. The predicted octanol–water partition coefficient (Wildman–Crippen LogP) is 5.03. The van der Waals surface area contributed by atoms with Crippen molar-refractivity contribution in [3.63, 3.8) is 0 Å². The van der Waals surface area contributed by atoms with Gasteiger partial charge in [-0.15, -0.1) is 10.2 Å². The normalized spacial score (nSPS) is 15.8. The fraction of sp³-hybridized carbons (Fsp3) is 0.182. The highest BCUT2D eigenvalue weighted by atomic mass is 79.9. The maximum Gasteiger partial charge on any atom is 0.297 e. The van der Waals surface area contributed by atoms with Gasteiger partial charge in [-0.1, -0.05) is 58.5 Å². The van der Waals surface area contributed by atoms with E-state index in [2.05, 4.69) is 33.1 Å². The number of fused-ring (bicyclic) bond motifs is 2. The minimum Gasteiger partial charge on any atom is -0.450 e. The summed E-state index contributed by atoms with van der Waals surface area (Å²) in [4.78, 5) is 28.4. The van der Waals surface area contributed by atoms with E-state index in [0.717, 1.165) is 21.5 Å². The third-order valence-corrected chi connectivity index (χ3v) is 6.59. The second-order valence-corrected chi connectivity index (χ2v) is 9.17. The van der Waals surface area contributed by atoms with Crippen LogP contribution in [0.25, 0.3) is 11.0 Å². The van der Waals surface area contributed by atoms with Crippen LogP contribution in [0, 0.1) is 6.92 Å². The molecule has 0 aliphatic carbocycles. The lowest BCUT2D eigenvalue weighted by molar-refractivity contribution is 0.0970. The fourth-order valence-electron chi connectivity index (χ4n) is 3.78. The lowest BCUT2D eigenvalue weighted by atomic mass is 9.97. The quantitative estimate of drug-likeness (QED) is 0.410. The molecule has 0 bridgehead atoms. The molecule has 6 nitrogen and oxygen atoms in total. The van der Waals surface area contributed by atoms with Crippen molar-refractivity contribution >= 4 is 49.3 Å². The number of halogens is 1. The van der Waals surface area contributed by atoms with Crippen molar-refractivity contribution in [1.29, 1.82) is 0 Å². The van der Waals surface area contributed by atoms with Crippen LogP contribution in [-0.2, 0) is 6.42 Å². The van der Waals surface area contributed by atoms with Crippen LogP contribution in [0.1, 0.15) is 45.2 Å². The number of rotatable bonds is 3. The van der Waals surface area contributed by atoms with Crippen molar-refractivity contribution in [2.75, 3.05) is 4.90 Å². The molecule has 0 N–H and O–H groups in total. The average molecular weight is 482 g/mol. The van der Waals surface area contributed by atoms with Crippen molar-refractivity contribution in [3.8, 4) is 0 Å². The van der Waals surface area contributed by atoms with Gasteiger partial charge in [0.05, 0.1) is 17.0 Å². The van der Waals surface area contributed by atoms with Gasteiger partial charge in [0.2, 0.25) is 10.9 Å². The Kier molecular flexibility index (Phi) is 4.56. The molecule has 1 aliphatic heterocycles. The maximum absolute atomic E-state index is 13.5. The van der Waals surface area contributed by atoms with E-state index in [9.17, 15) is 9.59 Å². The molecule has 3 heterocycles. The number of aryl methyl sites for hydroxylation is 2. The minimum absolute atomic E-state index is 0.0623. The third kappa shape index (κ3) is 2.90. The number of carbonyl (C=O) groups is 1. The van der Waals surface area contributed by atoms with Crippen LogP contribution in [-0.4, -0.2) is 16.1 Å². The first-order valence-corrected chi connectivity index (χ1v) is 11.1. The Morgan fingerprint density at radius 3 is 2.57 bits per heavy atom. The van der Waals surface area contributed by atoms with Crippen LogP contribution in [0.3, 0.4) is 0 Å². The first-order valence-electron chi connectivity index (χ1n) is 9.46. The SMILES string of the molecule is CCc1ccc(C2c3c(oc4ccc(Br)cc4c3=O)C(=O)N2c2nnc(C)s2)cc1. The molecule has 150 valence electrons. The topological polar surface area (TPSA) is 76.3 Å². The molecule has 5 rings (SSSR count).